The molecule has 0 heterocycles. The normalized spacial score (nSPS) is 10.0. The van der Waals surface area contributed by atoms with Gasteiger partial charge >= 0.3 is 0 Å². The molecule has 1 amide bonds. The molecule has 0 spiro atoms. The number of hydrogen-bond acceptors (Lipinski definition) is 6. The van der Waals surface area contributed by atoms with E-state index in [2.05, 4.69) is 5.32 Å². The van der Waals surface area contributed by atoms with E-state index in [4.69, 9.17) is 23.7 Å². The maximum Gasteiger partial charge on any atom is 0.262 e. The van der Waals surface area contributed by atoms with Gasteiger partial charge in [0.1, 0.15) is 11.5 Å². The molecule has 0 unspecified atom stereocenters. The van der Waals surface area contributed by atoms with E-state index in [0.717, 1.165) is 0 Å². The van der Waals surface area contributed by atoms with Crippen molar-refractivity contribution in [1.29, 1.82) is 0 Å². The maximum atomic E-state index is 12.2. The molecule has 0 aliphatic rings. The summed E-state index contributed by atoms with van der Waals surface area (Å²) in [6.07, 6.45) is 0. The monoisotopic (exact) mass is 361 g/mol. The van der Waals surface area contributed by atoms with Gasteiger partial charge in [0.05, 0.1) is 27.9 Å². The Kier molecular flexibility index (Phi) is 6.96. The average Bonchev–Trinajstić information content (AvgIpc) is 2.66. The third-order valence-corrected chi connectivity index (χ3v) is 3.43. The van der Waals surface area contributed by atoms with Gasteiger partial charge in [-0.25, -0.2) is 0 Å². The first kappa shape index (κ1) is 19.2. The lowest BCUT2D eigenvalue weighted by molar-refractivity contribution is -0.118. The van der Waals surface area contributed by atoms with Crippen LogP contribution in [0.1, 0.15) is 6.92 Å². The van der Waals surface area contributed by atoms with Crippen molar-refractivity contribution in [2.24, 2.45) is 0 Å². The van der Waals surface area contributed by atoms with E-state index in [0.29, 0.717) is 41.0 Å². The molecule has 2 aromatic carbocycles. The first-order valence-electron chi connectivity index (χ1n) is 8.06. The third-order valence-electron chi connectivity index (χ3n) is 3.43. The molecule has 140 valence electrons. The van der Waals surface area contributed by atoms with E-state index < -0.39 is 0 Å². The molecule has 0 aliphatic carbocycles. The van der Waals surface area contributed by atoms with Crippen LogP contribution in [0, 0.1) is 0 Å². The molecule has 2 aromatic rings. The molecule has 26 heavy (non-hydrogen) atoms. The molecule has 0 saturated heterocycles. The predicted octanol–water partition coefficient (Wildman–Crippen LogP) is 3.13. The number of carbonyl (C=O) groups is 1. The number of methoxy groups -OCH3 is 3. The summed E-state index contributed by atoms with van der Waals surface area (Å²) in [5.41, 5.74) is 0.510. The average molecular weight is 361 g/mol. The van der Waals surface area contributed by atoms with Crippen molar-refractivity contribution in [3.05, 3.63) is 36.4 Å². The smallest absolute Gasteiger partial charge is 0.262 e. The minimum atomic E-state index is -0.318. The largest absolute Gasteiger partial charge is 0.494 e. The van der Waals surface area contributed by atoms with Gasteiger partial charge in [-0.3, -0.25) is 4.79 Å². The van der Waals surface area contributed by atoms with Gasteiger partial charge in [-0.2, -0.15) is 0 Å². The summed E-state index contributed by atoms with van der Waals surface area (Å²) in [4.78, 5) is 12.2. The predicted molar refractivity (Wildman–Crippen MR) is 97.8 cm³/mol. The zero-order valence-corrected chi connectivity index (χ0v) is 15.3. The Morgan fingerprint density at radius 2 is 1.54 bits per heavy atom. The van der Waals surface area contributed by atoms with E-state index in [9.17, 15) is 4.79 Å². The highest BCUT2D eigenvalue weighted by Gasteiger charge is 2.14. The number of benzene rings is 2. The maximum absolute atomic E-state index is 12.2. The number of carbonyl (C=O) groups excluding carboxylic acids is 1. The van der Waals surface area contributed by atoms with Gasteiger partial charge in [-0.15, -0.1) is 0 Å². The Hall–Kier alpha value is -3.09. The summed E-state index contributed by atoms with van der Waals surface area (Å²) in [5.74, 6) is 2.28. The van der Waals surface area contributed by atoms with Gasteiger partial charge in [0.25, 0.3) is 5.91 Å². The minimum Gasteiger partial charge on any atom is -0.494 e. The van der Waals surface area contributed by atoms with Gasteiger partial charge in [0.2, 0.25) is 5.75 Å². The Balaban J connectivity index is 2.02. The lowest BCUT2D eigenvalue weighted by atomic mass is 10.2. The van der Waals surface area contributed by atoms with Gasteiger partial charge < -0.3 is 29.0 Å². The van der Waals surface area contributed by atoms with E-state index in [1.165, 1.54) is 21.3 Å². The first-order valence-corrected chi connectivity index (χ1v) is 8.06. The molecule has 7 nitrogen and oxygen atoms in total. The molecule has 0 bridgehead atoms. The highest BCUT2D eigenvalue weighted by molar-refractivity contribution is 5.92. The standard InChI is InChI=1S/C19H23NO6/c1-5-25-14-7-6-8-15(11-14)26-12-18(21)20-13-9-16(22-2)19(24-4)17(10-13)23-3/h6-11H,5,12H2,1-4H3,(H,20,21). The Bertz CT molecular complexity index is 722. The molecule has 0 radical (unpaired) electrons. The molecular weight excluding hydrogens is 338 g/mol. The molecular formula is C19H23NO6. The second-order valence-corrected chi connectivity index (χ2v) is 5.16. The second kappa shape index (κ2) is 9.41. The Morgan fingerprint density at radius 3 is 2.08 bits per heavy atom. The molecule has 0 atom stereocenters. The van der Waals surface area contributed by atoms with E-state index in [1.54, 1.807) is 30.3 Å². The summed E-state index contributed by atoms with van der Waals surface area (Å²) in [5, 5.41) is 2.74. The van der Waals surface area contributed by atoms with Crippen molar-refractivity contribution in [3.63, 3.8) is 0 Å². The summed E-state index contributed by atoms with van der Waals surface area (Å²) in [6.45, 7) is 2.32. The molecule has 0 fully saturated rings. The van der Waals surface area contributed by atoms with Crippen molar-refractivity contribution >= 4 is 11.6 Å². The fourth-order valence-electron chi connectivity index (χ4n) is 2.32. The zero-order chi connectivity index (χ0) is 18.9. The number of ether oxygens (including phenoxy) is 5. The summed E-state index contributed by atoms with van der Waals surface area (Å²) >= 11 is 0. The lowest BCUT2D eigenvalue weighted by Crippen LogP contribution is -2.20. The van der Waals surface area contributed by atoms with Crippen LogP contribution in [-0.2, 0) is 4.79 Å². The van der Waals surface area contributed by atoms with Crippen molar-refractivity contribution < 1.29 is 28.5 Å². The van der Waals surface area contributed by atoms with Crippen LogP contribution in [0.15, 0.2) is 36.4 Å². The number of anilines is 1. The topological polar surface area (TPSA) is 75.3 Å². The van der Waals surface area contributed by atoms with Crippen LogP contribution >= 0.6 is 0 Å². The third kappa shape index (κ3) is 4.95. The summed E-state index contributed by atoms with van der Waals surface area (Å²) in [6, 6.07) is 10.4. The fraction of sp³-hybridized carbons (Fsp3) is 0.316. The molecule has 2 rings (SSSR count). The zero-order valence-electron chi connectivity index (χ0n) is 15.3. The van der Waals surface area contributed by atoms with Crippen LogP contribution in [0.2, 0.25) is 0 Å². The van der Waals surface area contributed by atoms with Crippen LogP contribution in [0.3, 0.4) is 0 Å². The van der Waals surface area contributed by atoms with Crippen LogP contribution in [-0.4, -0.2) is 40.5 Å². The fourth-order valence-corrected chi connectivity index (χ4v) is 2.32. The Morgan fingerprint density at radius 1 is 0.923 bits per heavy atom. The molecule has 1 N–H and O–H groups in total. The van der Waals surface area contributed by atoms with Crippen molar-refractivity contribution in [2.45, 2.75) is 6.92 Å². The van der Waals surface area contributed by atoms with E-state index >= 15 is 0 Å². The van der Waals surface area contributed by atoms with Crippen LogP contribution in [0.5, 0.6) is 28.7 Å². The number of nitrogens with one attached hydrogen (secondary N) is 1. The van der Waals surface area contributed by atoms with Crippen LogP contribution in [0.25, 0.3) is 0 Å². The van der Waals surface area contributed by atoms with Crippen molar-refractivity contribution in [2.75, 3.05) is 39.9 Å². The molecule has 0 saturated carbocycles. The molecule has 0 aliphatic heterocycles. The van der Waals surface area contributed by atoms with E-state index in [1.807, 2.05) is 13.0 Å². The van der Waals surface area contributed by atoms with Crippen LogP contribution in [0.4, 0.5) is 5.69 Å². The van der Waals surface area contributed by atoms with Crippen LogP contribution < -0.4 is 29.0 Å². The van der Waals surface area contributed by atoms with Gasteiger partial charge in [-0.05, 0) is 19.1 Å². The van der Waals surface area contributed by atoms with Gasteiger partial charge in [-0.1, -0.05) is 6.07 Å². The number of rotatable bonds is 9. The van der Waals surface area contributed by atoms with Crippen molar-refractivity contribution in [1.82, 2.24) is 0 Å². The lowest BCUT2D eigenvalue weighted by Gasteiger charge is -2.15. The van der Waals surface area contributed by atoms with Crippen molar-refractivity contribution in [3.8, 4) is 28.7 Å². The number of hydrogen-bond donors (Lipinski definition) is 1. The summed E-state index contributed by atoms with van der Waals surface area (Å²) in [7, 11) is 4.54. The highest BCUT2D eigenvalue weighted by atomic mass is 16.5. The Labute approximate surface area is 152 Å². The quantitative estimate of drug-likeness (QED) is 0.740. The molecule has 7 heteroatoms. The molecule has 0 aromatic heterocycles. The second-order valence-electron chi connectivity index (χ2n) is 5.16. The highest BCUT2D eigenvalue weighted by Crippen LogP contribution is 2.39. The van der Waals surface area contributed by atoms with Gasteiger partial charge in [0.15, 0.2) is 18.1 Å². The minimum absolute atomic E-state index is 0.147. The SMILES string of the molecule is CCOc1cccc(OCC(=O)Nc2cc(OC)c(OC)c(OC)c2)c1. The summed E-state index contributed by atoms with van der Waals surface area (Å²) < 4.78 is 26.7. The first-order chi connectivity index (χ1) is 12.6. The number of amides is 1. The van der Waals surface area contributed by atoms with Gasteiger partial charge in [0, 0.05) is 23.9 Å². The van der Waals surface area contributed by atoms with E-state index in [-0.39, 0.29) is 12.5 Å².